The van der Waals surface area contributed by atoms with Crippen molar-refractivity contribution in [3.8, 4) is 0 Å². The van der Waals surface area contributed by atoms with Gasteiger partial charge in [0.25, 0.3) is 0 Å². The van der Waals surface area contributed by atoms with Crippen molar-refractivity contribution in [1.29, 1.82) is 0 Å². The fourth-order valence-electron chi connectivity index (χ4n) is 2.88. The standard InChI is InChI=1S/C20H31N3O5S/c1-15-6-7-17(14-16(15)2)29(26,27)21-9-8-18(24)22-10-12-23(13-11-22)19(25)28-20(3,4)5/h6-7,14,21H,8-13H2,1-5H3. The van der Waals surface area contributed by atoms with Gasteiger partial charge < -0.3 is 14.5 Å². The molecular formula is C20H31N3O5S. The van der Waals surface area contributed by atoms with Crippen LogP contribution in [0.4, 0.5) is 4.79 Å². The van der Waals surface area contributed by atoms with Gasteiger partial charge >= 0.3 is 6.09 Å². The Labute approximate surface area is 173 Å². The lowest BCUT2D eigenvalue weighted by molar-refractivity contribution is -0.132. The summed E-state index contributed by atoms with van der Waals surface area (Å²) in [5.41, 5.74) is 1.36. The van der Waals surface area contributed by atoms with E-state index in [9.17, 15) is 18.0 Å². The van der Waals surface area contributed by atoms with Crippen LogP contribution < -0.4 is 4.72 Å². The lowest BCUT2D eigenvalue weighted by atomic mass is 10.1. The van der Waals surface area contributed by atoms with E-state index in [1.165, 1.54) is 0 Å². The second-order valence-corrected chi connectivity index (χ2v) is 10.0. The average Bonchev–Trinajstić information content (AvgIpc) is 2.62. The van der Waals surface area contributed by atoms with E-state index in [-0.39, 0.29) is 29.9 Å². The number of amides is 2. The van der Waals surface area contributed by atoms with Gasteiger partial charge in [0.1, 0.15) is 5.60 Å². The number of piperazine rings is 1. The molecule has 1 N–H and O–H groups in total. The van der Waals surface area contributed by atoms with Crippen LogP contribution >= 0.6 is 0 Å². The third kappa shape index (κ3) is 6.71. The maximum Gasteiger partial charge on any atom is 0.410 e. The predicted molar refractivity (Wildman–Crippen MR) is 110 cm³/mol. The summed E-state index contributed by atoms with van der Waals surface area (Å²) in [5.74, 6) is -0.142. The van der Waals surface area contributed by atoms with E-state index < -0.39 is 15.6 Å². The summed E-state index contributed by atoms with van der Waals surface area (Å²) in [6.45, 7) is 10.8. The van der Waals surface area contributed by atoms with Crippen molar-refractivity contribution in [2.75, 3.05) is 32.7 Å². The first-order chi connectivity index (χ1) is 13.4. The van der Waals surface area contributed by atoms with Gasteiger partial charge in [-0.05, 0) is 57.9 Å². The molecule has 162 valence electrons. The minimum atomic E-state index is -3.65. The lowest BCUT2D eigenvalue weighted by Gasteiger charge is -2.35. The van der Waals surface area contributed by atoms with E-state index in [4.69, 9.17) is 4.74 Å². The van der Waals surface area contributed by atoms with Gasteiger partial charge in [-0.3, -0.25) is 4.79 Å². The number of hydrogen-bond donors (Lipinski definition) is 1. The third-order valence-electron chi connectivity index (χ3n) is 4.70. The fraction of sp³-hybridized carbons (Fsp3) is 0.600. The number of hydrogen-bond acceptors (Lipinski definition) is 5. The first kappa shape index (κ1) is 23.2. The molecule has 8 nitrogen and oxygen atoms in total. The molecule has 1 aliphatic heterocycles. The van der Waals surface area contributed by atoms with Crippen LogP contribution in [0.2, 0.25) is 0 Å². The molecule has 1 saturated heterocycles. The summed E-state index contributed by atoms with van der Waals surface area (Å²) < 4.78 is 32.6. The Morgan fingerprint density at radius 3 is 2.17 bits per heavy atom. The zero-order valence-corrected chi connectivity index (χ0v) is 18.6. The molecule has 0 atom stereocenters. The van der Waals surface area contributed by atoms with Gasteiger partial charge in [-0.2, -0.15) is 0 Å². The normalized spacial score (nSPS) is 15.3. The number of carbonyl (C=O) groups excluding carboxylic acids is 2. The molecule has 9 heteroatoms. The molecule has 0 spiro atoms. The van der Waals surface area contributed by atoms with Crippen LogP contribution in [0.3, 0.4) is 0 Å². The third-order valence-corrected chi connectivity index (χ3v) is 6.16. The topological polar surface area (TPSA) is 96.0 Å². The summed E-state index contributed by atoms with van der Waals surface area (Å²) in [6.07, 6.45) is -0.318. The number of benzene rings is 1. The Morgan fingerprint density at radius 1 is 1.03 bits per heavy atom. The molecular weight excluding hydrogens is 394 g/mol. The van der Waals surface area contributed by atoms with Crippen molar-refractivity contribution in [2.24, 2.45) is 0 Å². The number of ether oxygens (including phenoxy) is 1. The molecule has 0 unspecified atom stereocenters. The van der Waals surface area contributed by atoms with E-state index in [0.717, 1.165) is 11.1 Å². The van der Waals surface area contributed by atoms with E-state index in [0.29, 0.717) is 26.2 Å². The molecule has 0 radical (unpaired) electrons. The van der Waals surface area contributed by atoms with Gasteiger partial charge in [0.05, 0.1) is 4.90 Å². The number of carbonyl (C=O) groups is 2. The number of aryl methyl sites for hydroxylation is 2. The van der Waals surface area contributed by atoms with Crippen molar-refractivity contribution in [3.05, 3.63) is 29.3 Å². The minimum absolute atomic E-state index is 0.0281. The van der Waals surface area contributed by atoms with Gasteiger partial charge in [-0.25, -0.2) is 17.9 Å². The average molecular weight is 426 g/mol. The number of nitrogens with zero attached hydrogens (tertiary/aromatic N) is 2. The van der Waals surface area contributed by atoms with Crippen LogP contribution in [0.25, 0.3) is 0 Å². The number of sulfonamides is 1. The Hall–Kier alpha value is -2.13. The zero-order chi connectivity index (χ0) is 21.8. The highest BCUT2D eigenvalue weighted by Crippen LogP contribution is 2.15. The van der Waals surface area contributed by atoms with Crippen molar-refractivity contribution in [1.82, 2.24) is 14.5 Å². The quantitative estimate of drug-likeness (QED) is 0.779. The zero-order valence-electron chi connectivity index (χ0n) is 17.8. The van der Waals surface area contributed by atoms with Crippen LogP contribution in [-0.2, 0) is 19.6 Å². The second kappa shape index (κ2) is 9.13. The highest BCUT2D eigenvalue weighted by atomic mass is 32.2. The van der Waals surface area contributed by atoms with Gasteiger partial charge in [0.2, 0.25) is 15.9 Å². The van der Waals surface area contributed by atoms with E-state index in [1.807, 2.05) is 34.6 Å². The molecule has 0 bridgehead atoms. The van der Waals surface area contributed by atoms with Crippen LogP contribution in [0.15, 0.2) is 23.1 Å². The fourth-order valence-corrected chi connectivity index (χ4v) is 4.00. The number of nitrogens with one attached hydrogen (secondary N) is 1. The molecule has 1 aliphatic rings. The largest absolute Gasteiger partial charge is 0.444 e. The van der Waals surface area contributed by atoms with Crippen LogP contribution in [0.1, 0.15) is 38.3 Å². The summed E-state index contributed by atoms with van der Waals surface area (Å²) >= 11 is 0. The summed E-state index contributed by atoms with van der Waals surface area (Å²) in [4.78, 5) is 27.9. The monoisotopic (exact) mass is 425 g/mol. The van der Waals surface area contributed by atoms with Crippen LogP contribution in [-0.4, -0.2) is 68.5 Å². The maximum absolute atomic E-state index is 12.4. The smallest absolute Gasteiger partial charge is 0.410 e. The summed E-state index contributed by atoms with van der Waals surface area (Å²) in [6, 6.07) is 4.94. The molecule has 1 aromatic carbocycles. The molecule has 2 amide bonds. The SMILES string of the molecule is Cc1ccc(S(=O)(=O)NCCC(=O)N2CCN(C(=O)OC(C)(C)C)CC2)cc1C. The van der Waals surface area contributed by atoms with Crippen LogP contribution in [0.5, 0.6) is 0 Å². The first-order valence-electron chi connectivity index (χ1n) is 9.72. The summed E-state index contributed by atoms with van der Waals surface area (Å²) in [5, 5.41) is 0. The first-order valence-corrected chi connectivity index (χ1v) is 11.2. The summed E-state index contributed by atoms with van der Waals surface area (Å²) in [7, 11) is -3.65. The van der Waals surface area contributed by atoms with E-state index in [1.54, 1.807) is 28.0 Å². The second-order valence-electron chi connectivity index (χ2n) is 8.24. The molecule has 1 heterocycles. The van der Waals surface area contributed by atoms with Crippen LogP contribution in [0, 0.1) is 13.8 Å². The van der Waals surface area contributed by atoms with Crippen molar-refractivity contribution in [2.45, 2.75) is 51.5 Å². The Balaban J connectivity index is 1.80. The van der Waals surface area contributed by atoms with Crippen molar-refractivity contribution < 1.29 is 22.7 Å². The van der Waals surface area contributed by atoms with E-state index in [2.05, 4.69) is 4.72 Å². The Kier molecular flexibility index (Phi) is 7.29. The Bertz CT molecular complexity index is 853. The molecule has 2 rings (SSSR count). The van der Waals surface area contributed by atoms with E-state index >= 15 is 0 Å². The maximum atomic E-state index is 12.4. The molecule has 0 aromatic heterocycles. The Morgan fingerprint density at radius 2 is 1.62 bits per heavy atom. The molecule has 29 heavy (non-hydrogen) atoms. The lowest BCUT2D eigenvalue weighted by Crippen LogP contribution is -2.52. The minimum Gasteiger partial charge on any atom is -0.444 e. The highest BCUT2D eigenvalue weighted by molar-refractivity contribution is 7.89. The predicted octanol–water partition coefficient (Wildman–Crippen LogP) is 2.05. The molecule has 0 saturated carbocycles. The molecule has 1 aromatic rings. The molecule has 0 aliphatic carbocycles. The van der Waals surface area contributed by atoms with Gasteiger partial charge in [-0.1, -0.05) is 6.07 Å². The number of rotatable bonds is 5. The van der Waals surface area contributed by atoms with Crippen molar-refractivity contribution >= 4 is 22.0 Å². The highest BCUT2D eigenvalue weighted by Gasteiger charge is 2.27. The molecule has 1 fully saturated rings. The van der Waals surface area contributed by atoms with Crippen molar-refractivity contribution in [3.63, 3.8) is 0 Å². The van der Waals surface area contributed by atoms with Gasteiger partial charge in [-0.15, -0.1) is 0 Å². The van der Waals surface area contributed by atoms with Gasteiger partial charge in [0.15, 0.2) is 0 Å². The van der Waals surface area contributed by atoms with Gasteiger partial charge in [0, 0.05) is 39.1 Å².